The summed E-state index contributed by atoms with van der Waals surface area (Å²) >= 11 is 7.21. The highest BCUT2D eigenvalue weighted by Crippen LogP contribution is 2.28. The van der Waals surface area contributed by atoms with Gasteiger partial charge in [0.25, 0.3) is 5.91 Å². The smallest absolute Gasteiger partial charge is 0.307 e. The Morgan fingerprint density at radius 3 is 2.06 bits per heavy atom. The number of carbonyl (C=O) groups is 3. The van der Waals surface area contributed by atoms with Gasteiger partial charge in [0.05, 0.1) is 11.5 Å². The Kier molecular flexibility index (Phi) is 8.31. The van der Waals surface area contributed by atoms with Crippen LogP contribution in [0.15, 0.2) is 77.7 Å². The number of Topliss-reactive ketones (excluding diaryl/α,β-unsaturated/α-hetero) is 1. The number of nitrogens with zero attached hydrogens (tertiary/aromatic N) is 1. The minimum Gasteiger partial charge on any atom is -0.481 e. The maximum atomic E-state index is 12.8. The first kappa shape index (κ1) is 24.6. The molecule has 7 heteroatoms. The van der Waals surface area contributed by atoms with Gasteiger partial charge in [-0.25, -0.2) is 0 Å². The van der Waals surface area contributed by atoms with E-state index in [0.717, 1.165) is 11.1 Å². The Bertz CT molecular complexity index is 1140. The molecule has 3 aromatic carbocycles. The Balaban J connectivity index is 1.68. The zero-order chi connectivity index (χ0) is 24.0. The largest absolute Gasteiger partial charge is 0.481 e. The van der Waals surface area contributed by atoms with E-state index in [1.165, 1.54) is 16.7 Å². The molecule has 0 saturated carbocycles. The SMILES string of the molecule is CN(C)C(=O)c1ccccc1SCC(CC(=O)c1ccc(-c2ccc(Cl)cc2)cc1)C(=O)O. The van der Waals surface area contributed by atoms with E-state index >= 15 is 0 Å². The highest BCUT2D eigenvalue weighted by Gasteiger charge is 2.23. The predicted octanol–water partition coefficient (Wildman–Crippen LogP) is 5.77. The van der Waals surface area contributed by atoms with Gasteiger partial charge in [-0.3, -0.25) is 14.4 Å². The topological polar surface area (TPSA) is 74.7 Å². The second-order valence-corrected chi connectivity index (χ2v) is 9.25. The van der Waals surface area contributed by atoms with Crippen LogP contribution in [-0.2, 0) is 4.79 Å². The molecular weight excluding hydrogens is 458 g/mol. The van der Waals surface area contributed by atoms with Crippen molar-refractivity contribution in [3.63, 3.8) is 0 Å². The molecule has 0 aliphatic carbocycles. The van der Waals surface area contributed by atoms with Crippen molar-refractivity contribution >= 4 is 41.0 Å². The lowest BCUT2D eigenvalue weighted by atomic mass is 9.97. The fourth-order valence-corrected chi connectivity index (χ4v) is 4.50. The molecule has 0 saturated heterocycles. The number of aliphatic carboxylic acids is 1. The van der Waals surface area contributed by atoms with Gasteiger partial charge in [-0.1, -0.05) is 60.1 Å². The highest BCUT2D eigenvalue weighted by molar-refractivity contribution is 7.99. The first-order valence-corrected chi connectivity index (χ1v) is 11.7. The minimum atomic E-state index is -1.04. The van der Waals surface area contributed by atoms with E-state index in [1.807, 2.05) is 24.3 Å². The van der Waals surface area contributed by atoms with E-state index in [-0.39, 0.29) is 23.9 Å². The summed E-state index contributed by atoms with van der Waals surface area (Å²) < 4.78 is 0. The molecule has 5 nitrogen and oxygen atoms in total. The van der Waals surface area contributed by atoms with Gasteiger partial charge in [0, 0.05) is 41.8 Å². The molecular formula is C26H24ClNO4S. The summed E-state index contributed by atoms with van der Waals surface area (Å²) in [5.74, 6) is -2.11. The molecule has 0 heterocycles. The molecule has 3 aromatic rings. The van der Waals surface area contributed by atoms with Crippen LogP contribution < -0.4 is 0 Å². The summed E-state index contributed by atoms with van der Waals surface area (Å²) in [7, 11) is 3.33. The predicted molar refractivity (Wildman–Crippen MR) is 132 cm³/mol. The van der Waals surface area contributed by atoms with Crippen LogP contribution in [0, 0.1) is 5.92 Å². The highest BCUT2D eigenvalue weighted by atomic mass is 35.5. The summed E-state index contributed by atoms with van der Waals surface area (Å²) in [5.41, 5.74) is 2.90. The number of carbonyl (C=O) groups excluding carboxylic acids is 2. The van der Waals surface area contributed by atoms with Crippen LogP contribution in [0.3, 0.4) is 0 Å². The van der Waals surface area contributed by atoms with Crippen molar-refractivity contribution < 1.29 is 19.5 Å². The van der Waals surface area contributed by atoms with Crippen molar-refractivity contribution in [3.05, 3.63) is 88.9 Å². The first-order valence-electron chi connectivity index (χ1n) is 10.3. The number of hydrogen-bond donors (Lipinski definition) is 1. The fourth-order valence-electron chi connectivity index (χ4n) is 3.25. The minimum absolute atomic E-state index is 0.119. The number of thioether (sulfide) groups is 1. The zero-order valence-corrected chi connectivity index (χ0v) is 19.9. The molecule has 1 N–H and O–H groups in total. The number of halogens is 1. The lowest BCUT2D eigenvalue weighted by Gasteiger charge is -2.15. The molecule has 0 spiro atoms. The van der Waals surface area contributed by atoms with Crippen molar-refractivity contribution in [2.75, 3.05) is 19.8 Å². The van der Waals surface area contributed by atoms with E-state index < -0.39 is 11.9 Å². The van der Waals surface area contributed by atoms with Crippen LogP contribution in [0.5, 0.6) is 0 Å². The number of hydrogen-bond acceptors (Lipinski definition) is 4. The number of ketones is 1. The van der Waals surface area contributed by atoms with Gasteiger partial charge in [-0.05, 0) is 35.4 Å². The molecule has 0 aromatic heterocycles. The summed E-state index contributed by atoms with van der Waals surface area (Å²) in [5, 5.41) is 10.3. The molecule has 1 unspecified atom stereocenters. The van der Waals surface area contributed by atoms with Crippen molar-refractivity contribution in [1.82, 2.24) is 4.90 Å². The molecule has 0 aliphatic rings. The number of rotatable bonds is 9. The summed E-state index contributed by atoms with van der Waals surface area (Å²) in [6.07, 6.45) is -0.119. The molecule has 170 valence electrons. The average molecular weight is 482 g/mol. The van der Waals surface area contributed by atoms with Crippen molar-refractivity contribution in [2.24, 2.45) is 5.92 Å². The third-order valence-electron chi connectivity index (χ3n) is 5.13. The van der Waals surface area contributed by atoms with Gasteiger partial charge < -0.3 is 10.0 Å². The van der Waals surface area contributed by atoms with E-state index in [2.05, 4.69) is 0 Å². The van der Waals surface area contributed by atoms with Gasteiger partial charge >= 0.3 is 5.97 Å². The van der Waals surface area contributed by atoms with E-state index in [1.54, 1.807) is 62.6 Å². The maximum absolute atomic E-state index is 12.8. The molecule has 0 aliphatic heterocycles. The number of amides is 1. The Labute approximate surface area is 202 Å². The van der Waals surface area contributed by atoms with Crippen LogP contribution >= 0.6 is 23.4 Å². The number of carboxylic acid groups (broad SMARTS) is 1. The number of carboxylic acids is 1. The second kappa shape index (κ2) is 11.2. The van der Waals surface area contributed by atoms with E-state index in [0.29, 0.717) is 21.0 Å². The van der Waals surface area contributed by atoms with Gasteiger partial charge in [-0.15, -0.1) is 11.8 Å². The second-order valence-electron chi connectivity index (χ2n) is 7.75. The molecule has 33 heavy (non-hydrogen) atoms. The zero-order valence-electron chi connectivity index (χ0n) is 18.3. The summed E-state index contributed by atoms with van der Waals surface area (Å²) in [6.45, 7) is 0. The van der Waals surface area contributed by atoms with Crippen LogP contribution in [0.2, 0.25) is 5.02 Å². The quantitative estimate of drug-likeness (QED) is 0.310. The van der Waals surface area contributed by atoms with E-state index in [9.17, 15) is 19.5 Å². The van der Waals surface area contributed by atoms with Crippen LogP contribution in [0.1, 0.15) is 27.1 Å². The lowest BCUT2D eigenvalue weighted by Crippen LogP contribution is -2.23. The standard InChI is InChI=1S/C26H24ClNO4S/c1-28(2)25(30)22-5-3-4-6-24(22)33-16-20(26(31)32)15-23(29)19-9-7-17(8-10-19)18-11-13-21(27)14-12-18/h3-14,20H,15-16H2,1-2H3,(H,31,32). The molecule has 3 rings (SSSR count). The van der Waals surface area contributed by atoms with Gasteiger partial charge in [0.2, 0.25) is 0 Å². The van der Waals surface area contributed by atoms with E-state index in [4.69, 9.17) is 11.6 Å². The summed E-state index contributed by atoms with van der Waals surface area (Å²) in [6, 6.07) is 21.6. The molecule has 0 bridgehead atoms. The van der Waals surface area contributed by atoms with Crippen molar-refractivity contribution in [3.8, 4) is 11.1 Å². The Morgan fingerprint density at radius 1 is 0.909 bits per heavy atom. The monoisotopic (exact) mass is 481 g/mol. The Morgan fingerprint density at radius 2 is 1.48 bits per heavy atom. The van der Waals surface area contributed by atoms with Crippen LogP contribution in [0.25, 0.3) is 11.1 Å². The third-order valence-corrected chi connectivity index (χ3v) is 6.62. The molecule has 1 atom stereocenters. The first-order chi connectivity index (χ1) is 15.8. The lowest BCUT2D eigenvalue weighted by molar-refractivity contribution is -0.140. The van der Waals surface area contributed by atoms with Gasteiger partial charge in [0.1, 0.15) is 0 Å². The summed E-state index contributed by atoms with van der Waals surface area (Å²) in [4.78, 5) is 39.2. The van der Waals surface area contributed by atoms with Crippen molar-refractivity contribution in [1.29, 1.82) is 0 Å². The average Bonchev–Trinajstić information content (AvgIpc) is 2.81. The van der Waals surface area contributed by atoms with Gasteiger partial charge in [0.15, 0.2) is 5.78 Å². The van der Waals surface area contributed by atoms with Crippen LogP contribution in [0.4, 0.5) is 0 Å². The fraction of sp³-hybridized carbons (Fsp3) is 0.192. The van der Waals surface area contributed by atoms with Gasteiger partial charge in [-0.2, -0.15) is 0 Å². The molecule has 0 radical (unpaired) electrons. The maximum Gasteiger partial charge on any atom is 0.307 e. The third kappa shape index (κ3) is 6.46. The van der Waals surface area contributed by atoms with Crippen molar-refractivity contribution in [2.45, 2.75) is 11.3 Å². The molecule has 1 amide bonds. The normalized spacial score (nSPS) is 11.6. The number of benzene rings is 3. The Hall–Kier alpha value is -3.09. The molecule has 0 fully saturated rings. The van der Waals surface area contributed by atoms with Crippen LogP contribution in [-0.4, -0.2) is 47.5 Å².